The zero-order chi connectivity index (χ0) is 15.6. The molecule has 0 aromatic heterocycles. The smallest absolute Gasteiger partial charge is 0.316 e. The number of nitrogens with one attached hydrogen (secondary N) is 1. The summed E-state index contributed by atoms with van der Waals surface area (Å²) in [6.45, 7) is 3.88. The lowest BCUT2D eigenvalue weighted by Gasteiger charge is -2.11. The highest BCUT2D eigenvalue weighted by atomic mass is 16.6. The van der Waals surface area contributed by atoms with Crippen molar-refractivity contribution in [2.75, 3.05) is 5.32 Å². The van der Waals surface area contributed by atoms with Gasteiger partial charge in [-0.05, 0) is 25.5 Å². The van der Waals surface area contributed by atoms with Crippen LogP contribution in [0, 0.1) is 24.0 Å². The van der Waals surface area contributed by atoms with Crippen LogP contribution in [0.5, 0.6) is 0 Å². The van der Waals surface area contributed by atoms with Crippen LogP contribution in [0.4, 0.5) is 16.2 Å². The van der Waals surface area contributed by atoms with Gasteiger partial charge in [-0.1, -0.05) is 29.3 Å². The standard InChI is InChI=1S/C15H15N3O3/c1-9-5-10(2)7-11(6-9)13-8-12(18(20)21)3-4-14(13)17-15(16)19/h3-8H,1-2H3,(H3,16,17,19). The number of nitrogens with two attached hydrogens (primary N) is 1. The van der Waals surface area contributed by atoms with Gasteiger partial charge in [-0.15, -0.1) is 0 Å². The molecule has 0 fully saturated rings. The van der Waals surface area contributed by atoms with Gasteiger partial charge in [0.05, 0.1) is 10.6 Å². The van der Waals surface area contributed by atoms with Crippen LogP contribution in [-0.4, -0.2) is 11.0 Å². The lowest BCUT2D eigenvalue weighted by Crippen LogP contribution is -2.19. The van der Waals surface area contributed by atoms with Gasteiger partial charge in [0.1, 0.15) is 0 Å². The van der Waals surface area contributed by atoms with Crippen molar-refractivity contribution in [3.63, 3.8) is 0 Å². The largest absolute Gasteiger partial charge is 0.351 e. The third kappa shape index (κ3) is 3.36. The second-order valence-electron chi connectivity index (χ2n) is 4.85. The molecule has 0 unspecified atom stereocenters. The van der Waals surface area contributed by atoms with E-state index in [1.807, 2.05) is 32.0 Å². The monoisotopic (exact) mass is 285 g/mol. The fraction of sp³-hybridized carbons (Fsp3) is 0.133. The van der Waals surface area contributed by atoms with Gasteiger partial charge in [-0.25, -0.2) is 4.79 Å². The fourth-order valence-electron chi connectivity index (χ4n) is 2.26. The second kappa shape index (κ2) is 5.62. The second-order valence-corrected chi connectivity index (χ2v) is 4.85. The Morgan fingerprint density at radius 2 is 1.76 bits per heavy atom. The number of hydrogen-bond donors (Lipinski definition) is 2. The highest BCUT2D eigenvalue weighted by Crippen LogP contribution is 2.32. The number of carbonyl (C=O) groups excluding carboxylic acids is 1. The van der Waals surface area contributed by atoms with E-state index in [0.29, 0.717) is 11.3 Å². The summed E-state index contributed by atoms with van der Waals surface area (Å²) in [6.07, 6.45) is 0. The predicted molar refractivity (Wildman–Crippen MR) is 81.2 cm³/mol. The first-order valence-corrected chi connectivity index (χ1v) is 6.30. The molecule has 0 spiro atoms. The average molecular weight is 285 g/mol. The van der Waals surface area contributed by atoms with Crippen LogP contribution in [0.1, 0.15) is 11.1 Å². The first-order valence-electron chi connectivity index (χ1n) is 6.30. The highest BCUT2D eigenvalue weighted by molar-refractivity contribution is 5.94. The number of amides is 2. The van der Waals surface area contributed by atoms with Gasteiger partial charge in [-0.2, -0.15) is 0 Å². The normalized spacial score (nSPS) is 10.2. The lowest BCUT2D eigenvalue weighted by atomic mass is 9.99. The van der Waals surface area contributed by atoms with E-state index >= 15 is 0 Å². The maximum Gasteiger partial charge on any atom is 0.316 e. The first-order chi connectivity index (χ1) is 9.86. The van der Waals surface area contributed by atoms with Gasteiger partial charge in [0.15, 0.2) is 0 Å². The number of nitro groups is 1. The van der Waals surface area contributed by atoms with E-state index in [-0.39, 0.29) is 5.69 Å². The molecule has 0 bridgehead atoms. The summed E-state index contributed by atoms with van der Waals surface area (Å²) in [6, 6.07) is 9.33. The van der Waals surface area contributed by atoms with E-state index in [0.717, 1.165) is 16.7 Å². The van der Waals surface area contributed by atoms with Crippen molar-refractivity contribution in [2.24, 2.45) is 5.73 Å². The van der Waals surface area contributed by atoms with Gasteiger partial charge in [-0.3, -0.25) is 10.1 Å². The Bertz CT molecular complexity index is 706. The number of carbonyl (C=O) groups is 1. The number of rotatable bonds is 3. The molecule has 0 aliphatic rings. The molecule has 21 heavy (non-hydrogen) atoms. The molecule has 0 atom stereocenters. The van der Waals surface area contributed by atoms with Crippen molar-refractivity contribution in [3.05, 3.63) is 57.6 Å². The van der Waals surface area contributed by atoms with Crippen molar-refractivity contribution < 1.29 is 9.72 Å². The van der Waals surface area contributed by atoms with Crippen molar-refractivity contribution in [1.29, 1.82) is 0 Å². The van der Waals surface area contributed by atoms with E-state index in [1.54, 1.807) is 0 Å². The minimum Gasteiger partial charge on any atom is -0.351 e. The quantitative estimate of drug-likeness (QED) is 0.668. The molecule has 0 radical (unpaired) electrons. The number of nitro benzene ring substituents is 1. The van der Waals surface area contributed by atoms with Crippen LogP contribution in [0.25, 0.3) is 11.1 Å². The summed E-state index contributed by atoms with van der Waals surface area (Å²) in [7, 11) is 0. The molecule has 2 aromatic rings. The van der Waals surface area contributed by atoms with Crippen LogP contribution < -0.4 is 11.1 Å². The Hall–Kier alpha value is -2.89. The molecule has 0 aliphatic heterocycles. The maximum atomic E-state index is 11.1. The minimum absolute atomic E-state index is 0.0424. The Morgan fingerprint density at radius 3 is 2.29 bits per heavy atom. The summed E-state index contributed by atoms with van der Waals surface area (Å²) >= 11 is 0. The number of nitrogens with zero attached hydrogens (tertiary/aromatic N) is 1. The topological polar surface area (TPSA) is 98.3 Å². The van der Waals surface area contributed by atoms with Crippen molar-refractivity contribution in [3.8, 4) is 11.1 Å². The molecule has 0 saturated heterocycles. The van der Waals surface area contributed by atoms with Crippen molar-refractivity contribution in [2.45, 2.75) is 13.8 Å². The Labute approximate surface area is 121 Å². The van der Waals surface area contributed by atoms with E-state index in [9.17, 15) is 14.9 Å². The zero-order valence-electron chi connectivity index (χ0n) is 11.7. The molecule has 2 amide bonds. The number of aryl methyl sites for hydroxylation is 2. The number of benzene rings is 2. The van der Waals surface area contributed by atoms with Crippen LogP contribution in [-0.2, 0) is 0 Å². The van der Waals surface area contributed by atoms with Crippen LogP contribution >= 0.6 is 0 Å². The maximum absolute atomic E-state index is 11.1. The van der Waals surface area contributed by atoms with Crippen molar-refractivity contribution in [1.82, 2.24) is 0 Å². The summed E-state index contributed by atoms with van der Waals surface area (Å²) in [5.74, 6) is 0. The van der Waals surface area contributed by atoms with Gasteiger partial charge in [0.25, 0.3) is 5.69 Å². The van der Waals surface area contributed by atoms with Crippen molar-refractivity contribution >= 4 is 17.4 Å². The molecule has 2 rings (SSSR count). The molecule has 6 heteroatoms. The van der Waals surface area contributed by atoms with E-state index in [1.165, 1.54) is 18.2 Å². The molecule has 108 valence electrons. The highest BCUT2D eigenvalue weighted by Gasteiger charge is 2.14. The van der Waals surface area contributed by atoms with Crippen LogP contribution in [0.2, 0.25) is 0 Å². The van der Waals surface area contributed by atoms with Gasteiger partial charge in [0.2, 0.25) is 0 Å². The molecule has 6 nitrogen and oxygen atoms in total. The fourth-order valence-corrected chi connectivity index (χ4v) is 2.26. The third-order valence-electron chi connectivity index (χ3n) is 3.00. The molecule has 0 heterocycles. The molecule has 2 aromatic carbocycles. The van der Waals surface area contributed by atoms with E-state index < -0.39 is 11.0 Å². The summed E-state index contributed by atoms with van der Waals surface area (Å²) in [5.41, 5.74) is 8.96. The van der Waals surface area contributed by atoms with E-state index in [4.69, 9.17) is 5.73 Å². The number of non-ortho nitro benzene ring substituents is 1. The SMILES string of the molecule is Cc1cc(C)cc(-c2cc([N+](=O)[O-])ccc2NC(N)=O)c1. The van der Waals surface area contributed by atoms with Crippen LogP contribution in [0.15, 0.2) is 36.4 Å². The van der Waals surface area contributed by atoms with Gasteiger partial charge < -0.3 is 11.1 Å². The molecule has 0 aliphatic carbocycles. The molecule has 0 saturated carbocycles. The van der Waals surface area contributed by atoms with Gasteiger partial charge in [0, 0.05) is 17.7 Å². The zero-order valence-corrected chi connectivity index (χ0v) is 11.7. The molecule has 3 N–H and O–H groups in total. The number of hydrogen-bond acceptors (Lipinski definition) is 3. The minimum atomic E-state index is -0.713. The molecular formula is C15H15N3O3. The Balaban J connectivity index is 2.64. The van der Waals surface area contributed by atoms with E-state index in [2.05, 4.69) is 5.32 Å². The summed E-state index contributed by atoms with van der Waals surface area (Å²) < 4.78 is 0. The lowest BCUT2D eigenvalue weighted by molar-refractivity contribution is -0.384. The predicted octanol–water partition coefficient (Wildman–Crippen LogP) is 3.37. The Kier molecular flexibility index (Phi) is 3.89. The molecular weight excluding hydrogens is 270 g/mol. The summed E-state index contributed by atoms with van der Waals surface area (Å²) in [4.78, 5) is 21.6. The Morgan fingerprint density at radius 1 is 1.14 bits per heavy atom. The number of anilines is 1. The summed E-state index contributed by atoms with van der Waals surface area (Å²) in [5, 5.41) is 13.4. The van der Waals surface area contributed by atoms with Gasteiger partial charge >= 0.3 is 6.03 Å². The first kappa shape index (κ1) is 14.5. The average Bonchev–Trinajstić information content (AvgIpc) is 2.36. The third-order valence-corrected chi connectivity index (χ3v) is 3.00. The number of urea groups is 1. The van der Waals surface area contributed by atoms with Crippen LogP contribution in [0.3, 0.4) is 0 Å². The number of primary amides is 1.